The van der Waals surface area contributed by atoms with Crippen LogP contribution in [0.2, 0.25) is 0 Å². The normalized spacial score (nSPS) is 10.3. The molecule has 0 unspecified atom stereocenters. The van der Waals surface area contributed by atoms with Gasteiger partial charge < -0.3 is 20.1 Å². The zero-order valence-electron chi connectivity index (χ0n) is 19.9. The third-order valence-corrected chi connectivity index (χ3v) is 5.35. The lowest BCUT2D eigenvalue weighted by atomic mass is 10.0. The molecule has 3 rings (SSSR count). The van der Waals surface area contributed by atoms with Crippen molar-refractivity contribution in [2.45, 2.75) is 39.9 Å². The molecule has 7 heteroatoms. The Morgan fingerprint density at radius 1 is 0.882 bits per heavy atom. The highest BCUT2D eigenvalue weighted by Gasteiger charge is 2.21. The molecule has 0 aliphatic heterocycles. The van der Waals surface area contributed by atoms with Crippen LogP contribution in [0.25, 0.3) is 0 Å². The molecule has 0 saturated heterocycles. The zero-order chi connectivity index (χ0) is 24.3. The number of anilines is 1. The number of guanidine groups is 1. The number of nitrogens with one attached hydrogen (secondary N) is 4. The monoisotopic (exact) mass is 460 g/mol. The Kier molecular flexibility index (Phi) is 8.91. The van der Waals surface area contributed by atoms with Crippen molar-refractivity contribution in [1.29, 1.82) is 5.41 Å². The predicted molar refractivity (Wildman–Crippen MR) is 136 cm³/mol. The van der Waals surface area contributed by atoms with Crippen molar-refractivity contribution in [2.75, 3.05) is 12.4 Å². The second-order valence-corrected chi connectivity index (χ2v) is 7.68. The van der Waals surface area contributed by atoms with E-state index in [4.69, 9.17) is 14.9 Å². The van der Waals surface area contributed by atoms with Crippen LogP contribution in [0.1, 0.15) is 36.1 Å². The van der Waals surface area contributed by atoms with Crippen LogP contribution in [0.3, 0.4) is 0 Å². The van der Waals surface area contributed by atoms with Crippen LogP contribution in [0.15, 0.2) is 66.7 Å². The lowest BCUT2D eigenvalue weighted by Gasteiger charge is -2.22. The van der Waals surface area contributed by atoms with Crippen LogP contribution in [0, 0.1) is 5.41 Å². The quantitative estimate of drug-likeness (QED) is 0.259. The Labute approximate surface area is 201 Å². The molecule has 0 bridgehead atoms. The molecule has 34 heavy (non-hydrogen) atoms. The predicted octanol–water partition coefficient (Wildman–Crippen LogP) is 5.25. The fraction of sp³-hybridized carbons (Fsp3) is 0.259. The molecule has 7 nitrogen and oxygen atoms in total. The van der Waals surface area contributed by atoms with Crippen molar-refractivity contribution in [3.63, 3.8) is 0 Å². The fourth-order valence-corrected chi connectivity index (χ4v) is 3.58. The molecule has 0 aromatic heterocycles. The van der Waals surface area contributed by atoms with Crippen molar-refractivity contribution in [3.8, 4) is 11.5 Å². The highest BCUT2D eigenvalue weighted by Crippen LogP contribution is 2.41. The molecule has 0 atom stereocenters. The van der Waals surface area contributed by atoms with Gasteiger partial charge in [-0.3, -0.25) is 10.7 Å². The molecule has 2 amide bonds. The standard InChI is InChI=1S/C27H32N4O3/c1-4-21-16-23(33-17-19-12-8-6-9-13-19)25(34-18-20-14-10-7-11-15-20)22(5-2)24(21)30-27(32)31-26(28)29-3/h6-16H,4-5,17-18H2,1-3H3,(H4,28,29,30,31,32). The Bertz CT molecular complexity index is 1100. The van der Waals surface area contributed by atoms with E-state index in [-0.39, 0.29) is 5.96 Å². The van der Waals surface area contributed by atoms with Gasteiger partial charge in [0.25, 0.3) is 0 Å². The molecular weight excluding hydrogens is 428 g/mol. The molecule has 0 spiro atoms. The number of aryl methyl sites for hydroxylation is 1. The number of hydrogen-bond donors (Lipinski definition) is 4. The number of carbonyl (C=O) groups excluding carboxylic acids is 1. The maximum absolute atomic E-state index is 12.5. The highest BCUT2D eigenvalue weighted by molar-refractivity contribution is 6.02. The minimum Gasteiger partial charge on any atom is -0.485 e. The Morgan fingerprint density at radius 3 is 2.00 bits per heavy atom. The lowest BCUT2D eigenvalue weighted by Crippen LogP contribution is -2.40. The molecular formula is C27H32N4O3. The first kappa shape index (κ1) is 24.6. The van der Waals surface area contributed by atoms with Crippen molar-refractivity contribution in [1.82, 2.24) is 10.6 Å². The minimum atomic E-state index is -0.490. The van der Waals surface area contributed by atoms with Crippen LogP contribution >= 0.6 is 0 Å². The summed E-state index contributed by atoms with van der Waals surface area (Å²) in [7, 11) is 1.58. The fourth-order valence-electron chi connectivity index (χ4n) is 3.58. The van der Waals surface area contributed by atoms with Crippen LogP contribution in [-0.2, 0) is 26.1 Å². The van der Waals surface area contributed by atoms with Gasteiger partial charge in [0.15, 0.2) is 17.5 Å². The topological polar surface area (TPSA) is 95.5 Å². The second kappa shape index (κ2) is 12.3. The molecule has 0 aliphatic carbocycles. The van der Waals surface area contributed by atoms with E-state index in [0.717, 1.165) is 22.3 Å². The summed E-state index contributed by atoms with van der Waals surface area (Å²) in [5.74, 6) is 1.16. The Hall–Kier alpha value is -4.00. The van der Waals surface area contributed by atoms with Crippen LogP contribution in [0.5, 0.6) is 11.5 Å². The molecule has 0 fully saturated rings. The molecule has 0 aliphatic rings. The summed E-state index contributed by atoms with van der Waals surface area (Å²) in [5.41, 5.74) is 4.55. The summed E-state index contributed by atoms with van der Waals surface area (Å²) in [5, 5.41) is 15.7. The van der Waals surface area contributed by atoms with Gasteiger partial charge in [-0.2, -0.15) is 0 Å². The van der Waals surface area contributed by atoms with Gasteiger partial charge in [-0.1, -0.05) is 74.5 Å². The van der Waals surface area contributed by atoms with E-state index in [1.54, 1.807) is 7.05 Å². The van der Waals surface area contributed by atoms with Crippen molar-refractivity contribution < 1.29 is 14.3 Å². The van der Waals surface area contributed by atoms with Gasteiger partial charge in [-0.15, -0.1) is 0 Å². The maximum Gasteiger partial charge on any atom is 0.326 e. The smallest absolute Gasteiger partial charge is 0.326 e. The largest absolute Gasteiger partial charge is 0.485 e. The van der Waals surface area contributed by atoms with Crippen LogP contribution in [-0.4, -0.2) is 19.0 Å². The third-order valence-electron chi connectivity index (χ3n) is 5.35. The minimum absolute atomic E-state index is 0.0861. The number of ether oxygens (including phenoxy) is 2. The SMILES string of the molecule is CCc1cc(OCc2ccccc2)c(OCc2ccccc2)c(CC)c1NC(=O)NC(=N)NC. The van der Waals surface area contributed by atoms with E-state index in [1.807, 2.05) is 80.6 Å². The number of urea groups is 1. The van der Waals surface area contributed by atoms with Crippen molar-refractivity contribution >= 4 is 17.7 Å². The number of carbonyl (C=O) groups is 1. The number of hydrogen-bond acceptors (Lipinski definition) is 4. The van der Waals surface area contributed by atoms with Crippen molar-refractivity contribution in [2.24, 2.45) is 0 Å². The third kappa shape index (κ3) is 6.51. The van der Waals surface area contributed by atoms with E-state index in [2.05, 4.69) is 16.0 Å². The zero-order valence-corrected chi connectivity index (χ0v) is 19.9. The van der Waals surface area contributed by atoms with Gasteiger partial charge in [-0.25, -0.2) is 4.79 Å². The Morgan fingerprint density at radius 2 is 1.47 bits per heavy atom. The number of rotatable bonds is 9. The molecule has 3 aromatic carbocycles. The highest BCUT2D eigenvalue weighted by atomic mass is 16.5. The summed E-state index contributed by atoms with van der Waals surface area (Å²) in [6.45, 7) is 4.82. The first-order chi connectivity index (χ1) is 16.5. The molecule has 3 aromatic rings. The van der Waals surface area contributed by atoms with E-state index in [0.29, 0.717) is 43.2 Å². The van der Waals surface area contributed by atoms with Crippen LogP contribution in [0.4, 0.5) is 10.5 Å². The van der Waals surface area contributed by atoms with Gasteiger partial charge >= 0.3 is 6.03 Å². The molecule has 0 saturated carbocycles. The van der Waals surface area contributed by atoms with Gasteiger partial charge in [-0.05, 0) is 35.6 Å². The Balaban J connectivity index is 1.98. The maximum atomic E-state index is 12.5. The first-order valence-corrected chi connectivity index (χ1v) is 11.4. The summed E-state index contributed by atoms with van der Waals surface area (Å²) in [6, 6.07) is 21.3. The molecule has 178 valence electrons. The van der Waals surface area contributed by atoms with Gasteiger partial charge in [0, 0.05) is 12.6 Å². The van der Waals surface area contributed by atoms with Crippen LogP contribution < -0.4 is 25.4 Å². The number of benzene rings is 3. The summed E-state index contributed by atoms with van der Waals surface area (Å²) in [4.78, 5) is 12.5. The average molecular weight is 461 g/mol. The summed E-state index contributed by atoms with van der Waals surface area (Å²) in [6.07, 6.45) is 1.31. The number of amides is 2. The van der Waals surface area contributed by atoms with Gasteiger partial charge in [0.2, 0.25) is 0 Å². The van der Waals surface area contributed by atoms with Gasteiger partial charge in [0.05, 0.1) is 5.69 Å². The van der Waals surface area contributed by atoms with Gasteiger partial charge in [0.1, 0.15) is 13.2 Å². The van der Waals surface area contributed by atoms with E-state index < -0.39 is 6.03 Å². The molecule has 4 N–H and O–H groups in total. The summed E-state index contributed by atoms with van der Waals surface area (Å²) < 4.78 is 12.5. The second-order valence-electron chi connectivity index (χ2n) is 7.68. The summed E-state index contributed by atoms with van der Waals surface area (Å²) >= 11 is 0. The molecule has 0 radical (unpaired) electrons. The van der Waals surface area contributed by atoms with E-state index >= 15 is 0 Å². The van der Waals surface area contributed by atoms with E-state index in [9.17, 15) is 4.79 Å². The lowest BCUT2D eigenvalue weighted by molar-refractivity contribution is 0.253. The van der Waals surface area contributed by atoms with Crippen molar-refractivity contribution in [3.05, 3.63) is 89.0 Å². The van der Waals surface area contributed by atoms with E-state index in [1.165, 1.54) is 0 Å². The molecule has 0 heterocycles. The average Bonchev–Trinajstić information content (AvgIpc) is 2.87. The first-order valence-electron chi connectivity index (χ1n) is 11.4.